The lowest BCUT2D eigenvalue weighted by Gasteiger charge is -1.98. The maximum Gasteiger partial charge on any atom is 0.261 e. The summed E-state index contributed by atoms with van der Waals surface area (Å²) in [5.74, 6) is 0. The Kier molecular flexibility index (Phi) is 2.36. The summed E-state index contributed by atoms with van der Waals surface area (Å²) < 4.78 is 21.6. The van der Waals surface area contributed by atoms with Gasteiger partial charge in [-0.05, 0) is 11.3 Å². The Bertz CT molecular complexity index is 361. The smallest absolute Gasteiger partial charge is 0.207 e. The van der Waals surface area contributed by atoms with Crippen molar-refractivity contribution >= 4 is 35.2 Å². The van der Waals surface area contributed by atoms with E-state index in [1.54, 1.807) is 18.2 Å². The molecule has 0 aliphatic heterocycles. The molecule has 11 heavy (non-hydrogen) atoms. The Hall–Kier alpha value is -0.323. The number of benzene rings is 1. The second-order valence-electron chi connectivity index (χ2n) is 1.93. The largest absolute Gasteiger partial charge is 0.261 e. The Labute approximate surface area is 73.0 Å². The maximum atomic E-state index is 10.8. The van der Waals surface area contributed by atoms with Gasteiger partial charge in [-0.2, -0.15) is 0 Å². The summed E-state index contributed by atoms with van der Waals surface area (Å²) >= 11 is 0. The molecular weight excluding hydrogens is 200 g/mol. The van der Waals surface area contributed by atoms with Gasteiger partial charge in [0.05, 0.1) is 15.1 Å². The first-order valence-electron chi connectivity index (χ1n) is 2.77. The predicted octanol–water partition coefficient (Wildman–Crippen LogP) is 0.408. The average Bonchev–Trinajstić information content (AvgIpc) is 1.86. The molecule has 0 unspecified atom stereocenters. The lowest BCUT2D eigenvalue weighted by molar-refractivity contribution is 0.610. The summed E-state index contributed by atoms with van der Waals surface area (Å²) in [6.45, 7) is 0. The Morgan fingerprint density at radius 2 is 1.82 bits per heavy atom. The predicted molar refractivity (Wildman–Crippen MR) is 44.9 cm³/mol. The van der Waals surface area contributed by atoms with Crippen molar-refractivity contribution in [1.29, 1.82) is 0 Å². The summed E-state index contributed by atoms with van der Waals surface area (Å²) in [5, 5.41) is 0.475. The lowest BCUT2D eigenvalue weighted by Crippen LogP contribution is -2.11. The first kappa shape index (κ1) is 8.77. The normalized spacial score (nSPS) is 11.5. The molecular formula is C6H4ClO2SSi. The van der Waals surface area contributed by atoms with Gasteiger partial charge in [0.25, 0.3) is 9.05 Å². The highest BCUT2D eigenvalue weighted by atomic mass is 35.7. The standard InChI is InChI=1S/C6H4ClO2SSi/c7-10(8,9)5-3-1-2-4-6(5)11/h1-4H. The van der Waals surface area contributed by atoms with Crippen LogP contribution in [0.1, 0.15) is 0 Å². The van der Waals surface area contributed by atoms with E-state index in [1.807, 2.05) is 0 Å². The molecule has 2 nitrogen and oxygen atoms in total. The molecule has 0 N–H and O–H groups in total. The molecule has 0 bridgehead atoms. The van der Waals surface area contributed by atoms with E-state index in [4.69, 9.17) is 10.7 Å². The maximum absolute atomic E-state index is 10.8. The zero-order chi connectivity index (χ0) is 8.48. The molecule has 0 aromatic heterocycles. The fourth-order valence-corrected chi connectivity index (χ4v) is 2.43. The number of hydrogen-bond donors (Lipinski definition) is 0. The SMILES string of the molecule is O=S(=O)(Cl)c1ccccc1[Si]. The van der Waals surface area contributed by atoms with Crippen molar-refractivity contribution < 1.29 is 8.42 Å². The van der Waals surface area contributed by atoms with E-state index in [0.717, 1.165) is 0 Å². The number of hydrogen-bond acceptors (Lipinski definition) is 2. The quantitative estimate of drug-likeness (QED) is 0.490. The van der Waals surface area contributed by atoms with Crippen molar-refractivity contribution in [2.45, 2.75) is 4.90 Å². The summed E-state index contributed by atoms with van der Waals surface area (Å²) in [6, 6.07) is 6.38. The van der Waals surface area contributed by atoms with Crippen molar-refractivity contribution in [2.24, 2.45) is 0 Å². The average molecular weight is 204 g/mol. The van der Waals surface area contributed by atoms with Gasteiger partial charge in [-0.3, -0.25) is 0 Å². The molecule has 3 radical (unpaired) electrons. The van der Waals surface area contributed by atoms with Crippen molar-refractivity contribution in [3.63, 3.8) is 0 Å². The third-order valence-electron chi connectivity index (χ3n) is 1.15. The molecule has 0 saturated heterocycles. The van der Waals surface area contributed by atoms with Crippen LogP contribution in [0.15, 0.2) is 29.2 Å². The number of halogens is 1. The van der Waals surface area contributed by atoms with Crippen molar-refractivity contribution in [1.82, 2.24) is 0 Å². The van der Waals surface area contributed by atoms with Gasteiger partial charge in [-0.25, -0.2) is 8.42 Å². The van der Waals surface area contributed by atoms with Crippen LogP contribution >= 0.6 is 10.7 Å². The first-order chi connectivity index (χ1) is 5.02. The second-order valence-corrected chi connectivity index (χ2v) is 5.01. The zero-order valence-corrected chi connectivity index (χ0v) is 7.98. The molecule has 0 saturated carbocycles. The van der Waals surface area contributed by atoms with Crippen LogP contribution in [0, 0.1) is 0 Å². The zero-order valence-electron chi connectivity index (χ0n) is 5.41. The fraction of sp³-hybridized carbons (Fsp3) is 0. The summed E-state index contributed by atoms with van der Waals surface area (Å²) in [6.07, 6.45) is 0. The van der Waals surface area contributed by atoms with Gasteiger partial charge in [0.2, 0.25) is 0 Å². The van der Waals surface area contributed by atoms with Gasteiger partial charge in [-0.15, -0.1) is 0 Å². The van der Waals surface area contributed by atoms with Crippen LogP contribution in [0.5, 0.6) is 0 Å². The van der Waals surface area contributed by atoms with Crippen LogP contribution in [-0.4, -0.2) is 18.7 Å². The van der Waals surface area contributed by atoms with Gasteiger partial charge in [0, 0.05) is 10.7 Å². The highest BCUT2D eigenvalue weighted by molar-refractivity contribution is 8.13. The minimum atomic E-state index is -3.61. The topological polar surface area (TPSA) is 34.1 Å². The molecule has 0 heterocycles. The number of rotatable bonds is 1. The van der Waals surface area contributed by atoms with E-state index in [-0.39, 0.29) is 4.90 Å². The molecule has 0 aliphatic rings. The molecule has 57 valence electrons. The van der Waals surface area contributed by atoms with E-state index in [9.17, 15) is 8.42 Å². The first-order valence-corrected chi connectivity index (χ1v) is 5.58. The van der Waals surface area contributed by atoms with Gasteiger partial charge in [0.15, 0.2) is 0 Å². The van der Waals surface area contributed by atoms with Crippen LogP contribution in [-0.2, 0) is 9.05 Å². The van der Waals surface area contributed by atoms with Gasteiger partial charge in [0.1, 0.15) is 0 Å². The van der Waals surface area contributed by atoms with E-state index in [0.29, 0.717) is 5.19 Å². The van der Waals surface area contributed by atoms with Gasteiger partial charge >= 0.3 is 0 Å². The molecule has 1 aromatic rings. The van der Waals surface area contributed by atoms with Crippen LogP contribution in [0.4, 0.5) is 0 Å². The Balaban J connectivity index is 3.37. The van der Waals surface area contributed by atoms with E-state index < -0.39 is 9.05 Å². The summed E-state index contributed by atoms with van der Waals surface area (Å²) in [7, 11) is 4.61. The fourth-order valence-electron chi connectivity index (χ4n) is 0.679. The molecule has 1 aromatic carbocycles. The van der Waals surface area contributed by atoms with Crippen LogP contribution in [0.3, 0.4) is 0 Å². The Morgan fingerprint density at radius 1 is 1.27 bits per heavy atom. The van der Waals surface area contributed by atoms with Crippen LogP contribution in [0.2, 0.25) is 0 Å². The second kappa shape index (κ2) is 2.96. The molecule has 0 fully saturated rings. The van der Waals surface area contributed by atoms with Crippen molar-refractivity contribution in [3.8, 4) is 0 Å². The molecule has 0 spiro atoms. The van der Waals surface area contributed by atoms with Crippen molar-refractivity contribution in [3.05, 3.63) is 24.3 Å². The summed E-state index contributed by atoms with van der Waals surface area (Å²) in [4.78, 5) is 0.0957. The highest BCUT2D eigenvalue weighted by Crippen LogP contribution is 2.10. The van der Waals surface area contributed by atoms with Gasteiger partial charge < -0.3 is 0 Å². The monoisotopic (exact) mass is 203 g/mol. The third-order valence-corrected chi connectivity index (χ3v) is 3.15. The van der Waals surface area contributed by atoms with Crippen molar-refractivity contribution in [2.75, 3.05) is 0 Å². The molecule has 1 rings (SSSR count). The van der Waals surface area contributed by atoms with E-state index in [1.165, 1.54) is 6.07 Å². The lowest BCUT2D eigenvalue weighted by atomic mass is 10.4. The molecule has 0 atom stereocenters. The van der Waals surface area contributed by atoms with Crippen LogP contribution < -0.4 is 5.19 Å². The Morgan fingerprint density at radius 3 is 2.18 bits per heavy atom. The minimum absolute atomic E-state index is 0.0957. The molecule has 0 aliphatic carbocycles. The van der Waals surface area contributed by atoms with Crippen LogP contribution in [0.25, 0.3) is 0 Å². The highest BCUT2D eigenvalue weighted by Gasteiger charge is 2.10. The molecule has 0 amide bonds. The van der Waals surface area contributed by atoms with E-state index >= 15 is 0 Å². The molecule has 5 heteroatoms. The summed E-state index contributed by atoms with van der Waals surface area (Å²) in [5.41, 5.74) is 0. The van der Waals surface area contributed by atoms with E-state index in [2.05, 4.69) is 10.2 Å². The van der Waals surface area contributed by atoms with Gasteiger partial charge in [-0.1, -0.05) is 18.2 Å². The third kappa shape index (κ3) is 2.05. The minimum Gasteiger partial charge on any atom is -0.207 e.